The minimum Gasteiger partial charge on any atom is -0.494 e. The number of carbonyl (C=O) groups is 2. The molecule has 2 heterocycles. The summed E-state index contributed by atoms with van der Waals surface area (Å²) in [6.45, 7) is 7.69. The van der Waals surface area contributed by atoms with Crippen molar-refractivity contribution in [2.75, 3.05) is 13.2 Å². The molecular weight excluding hydrogens is 358 g/mol. The number of aliphatic hydroxyl groups excluding tert-OH is 1. The van der Waals surface area contributed by atoms with E-state index in [0.29, 0.717) is 37.5 Å². The molecule has 1 aromatic heterocycles. The Hall–Kier alpha value is -2.67. The summed E-state index contributed by atoms with van der Waals surface area (Å²) in [7, 11) is 0. The van der Waals surface area contributed by atoms with Crippen LogP contribution < -0.4 is 4.74 Å². The second-order valence-electron chi connectivity index (χ2n) is 7.11. The van der Waals surface area contributed by atoms with E-state index in [4.69, 9.17) is 4.74 Å². The maximum Gasteiger partial charge on any atom is 0.223 e. The SMILES string of the molecule is CCOc1ccc(C(=O)CCC(=O)N2CCn3nc([C@@H](C)O)cc3C2)cc1C. The van der Waals surface area contributed by atoms with Gasteiger partial charge >= 0.3 is 0 Å². The van der Waals surface area contributed by atoms with E-state index in [0.717, 1.165) is 17.0 Å². The smallest absolute Gasteiger partial charge is 0.223 e. The third-order valence-electron chi connectivity index (χ3n) is 4.96. The van der Waals surface area contributed by atoms with Crippen molar-refractivity contribution in [2.24, 2.45) is 0 Å². The highest BCUT2D eigenvalue weighted by atomic mass is 16.5. The zero-order valence-corrected chi connectivity index (χ0v) is 16.6. The summed E-state index contributed by atoms with van der Waals surface area (Å²) < 4.78 is 7.33. The van der Waals surface area contributed by atoms with Crippen LogP contribution in [0.15, 0.2) is 24.3 Å². The Morgan fingerprint density at radius 2 is 2.04 bits per heavy atom. The summed E-state index contributed by atoms with van der Waals surface area (Å²) in [4.78, 5) is 26.8. The van der Waals surface area contributed by atoms with Gasteiger partial charge < -0.3 is 14.7 Å². The van der Waals surface area contributed by atoms with Crippen LogP contribution in [-0.2, 0) is 17.9 Å². The van der Waals surface area contributed by atoms with E-state index >= 15 is 0 Å². The molecule has 1 N–H and O–H groups in total. The number of hydrogen-bond donors (Lipinski definition) is 1. The first-order chi connectivity index (χ1) is 13.4. The Labute approximate surface area is 164 Å². The van der Waals surface area contributed by atoms with Gasteiger partial charge in [0.25, 0.3) is 0 Å². The first-order valence-electron chi connectivity index (χ1n) is 9.68. The number of carbonyl (C=O) groups excluding carboxylic acids is 2. The van der Waals surface area contributed by atoms with Gasteiger partial charge in [-0.15, -0.1) is 0 Å². The summed E-state index contributed by atoms with van der Waals surface area (Å²) in [6, 6.07) is 7.20. The summed E-state index contributed by atoms with van der Waals surface area (Å²) in [6.07, 6.45) is -0.263. The summed E-state index contributed by atoms with van der Waals surface area (Å²) in [5.74, 6) is 0.691. The van der Waals surface area contributed by atoms with Crippen LogP contribution >= 0.6 is 0 Å². The van der Waals surface area contributed by atoms with Crippen molar-refractivity contribution in [1.82, 2.24) is 14.7 Å². The minimum absolute atomic E-state index is 0.0398. The van der Waals surface area contributed by atoms with Crippen molar-refractivity contribution in [3.63, 3.8) is 0 Å². The molecule has 1 aliphatic heterocycles. The lowest BCUT2D eigenvalue weighted by Gasteiger charge is -2.27. The fourth-order valence-electron chi connectivity index (χ4n) is 3.37. The van der Waals surface area contributed by atoms with E-state index in [1.807, 2.05) is 30.7 Å². The molecule has 28 heavy (non-hydrogen) atoms. The molecule has 1 atom stereocenters. The van der Waals surface area contributed by atoms with Gasteiger partial charge in [-0.2, -0.15) is 5.10 Å². The number of amides is 1. The molecule has 2 aromatic rings. The zero-order chi connectivity index (χ0) is 20.3. The predicted octanol–water partition coefficient (Wildman–Crippen LogP) is 2.65. The van der Waals surface area contributed by atoms with Gasteiger partial charge in [0.2, 0.25) is 5.91 Å². The average Bonchev–Trinajstić information content (AvgIpc) is 3.11. The number of nitrogens with zero attached hydrogens (tertiary/aromatic N) is 3. The van der Waals surface area contributed by atoms with Crippen molar-refractivity contribution < 1.29 is 19.4 Å². The predicted molar refractivity (Wildman–Crippen MR) is 104 cm³/mol. The van der Waals surface area contributed by atoms with Gasteiger partial charge in [-0.25, -0.2) is 0 Å². The van der Waals surface area contributed by atoms with Crippen molar-refractivity contribution >= 4 is 11.7 Å². The van der Waals surface area contributed by atoms with E-state index < -0.39 is 6.10 Å². The third-order valence-corrected chi connectivity index (χ3v) is 4.96. The van der Waals surface area contributed by atoms with Gasteiger partial charge in [-0.05, 0) is 50.6 Å². The van der Waals surface area contributed by atoms with E-state index in [-0.39, 0.29) is 24.5 Å². The number of aliphatic hydroxyl groups is 1. The zero-order valence-electron chi connectivity index (χ0n) is 16.6. The van der Waals surface area contributed by atoms with Crippen molar-refractivity contribution in [3.05, 3.63) is 46.8 Å². The van der Waals surface area contributed by atoms with Crippen LogP contribution in [0.3, 0.4) is 0 Å². The van der Waals surface area contributed by atoms with Crippen LogP contribution in [0, 0.1) is 6.92 Å². The van der Waals surface area contributed by atoms with Gasteiger partial charge in [0, 0.05) is 24.9 Å². The van der Waals surface area contributed by atoms with Crippen LogP contribution in [0.1, 0.15) is 60.1 Å². The molecule has 0 aliphatic carbocycles. The topological polar surface area (TPSA) is 84.7 Å². The first kappa shape index (κ1) is 20.1. The largest absolute Gasteiger partial charge is 0.494 e. The molecule has 0 bridgehead atoms. The monoisotopic (exact) mass is 385 g/mol. The number of rotatable bonds is 7. The Morgan fingerprint density at radius 3 is 2.71 bits per heavy atom. The third kappa shape index (κ3) is 4.42. The molecule has 7 nitrogen and oxygen atoms in total. The minimum atomic E-state index is -0.627. The molecule has 1 aliphatic rings. The molecular formula is C21H27N3O4. The molecule has 0 saturated carbocycles. The van der Waals surface area contributed by atoms with Crippen LogP contribution in [0.5, 0.6) is 5.75 Å². The fourth-order valence-corrected chi connectivity index (χ4v) is 3.37. The highest BCUT2D eigenvalue weighted by molar-refractivity contribution is 5.98. The number of aryl methyl sites for hydroxylation is 1. The molecule has 0 unspecified atom stereocenters. The van der Waals surface area contributed by atoms with Crippen LogP contribution in [-0.4, -0.2) is 44.6 Å². The normalized spacial score (nSPS) is 14.5. The highest BCUT2D eigenvalue weighted by Gasteiger charge is 2.23. The van der Waals surface area contributed by atoms with Gasteiger partial charge in [-0.3, -0.25) is 14.3 Å². The van der Waals surface area contributed by atoms with Crippen molar-refractivity contribution in [3.8, 4) is 5.75 Å². The number of Topliss-reactive ketones (excluding diaryl/α,β-unsaturated/α-hetero) is 1. The molecule has 0 saturated heterocycles. The maximum absolute atomic E-state index is 12.6. The molecule has 1 aromatic carbocycles. The summed E-state index contributed by atoms with van der Waals surface area (Å²) in [5.41, 5.74) is 3.04. The van der Waals surface area contributed by atoms with Gasteiger partial charge in [-0.1, -0.05) is 0 Å². The van der Waals surface area contributed by atoms with E-state index in [1.54, 1.807) is 24.0 Å². The molecule has 0 fully saturated rings. The molecule has 7 heteroatoms. The Balaban J connectivity index is 1.56. The van der Waals surface area contributed by atoms with Gasteiger partial charge in [0.15, 0.2) is 5.78 Å². The lowest BCUT2D eigenvalue weighted by molar-refractivity contribution is -0.132. The summed E-state index contributed by atoms with van der Waals surface area (Å²) >= 11 is 0. The maximum atomic E-state index is 12.6. The van der Waals surface area contributed by atoms with Crippen LogP contribution in [0.4, 0.5) is 0 Å². The Bertz CT molecular complexity index is 873. The van der Waals surface area contributed by atoms with Crippen molar-refractivity contribution in [2.45, 2.75) is 52.8 Å². The Kier molecular flexibility index (Phi) is 6.14. The lowest BCUT2D eigenvalue weighted by Crippen LogP contribution is -2.38. The number of ketones is 1. The lowest BCUT2D eigenvalue weighted by atomic mass is 10.0. The molecule has 3 rings (SSSR count). The Morgan fingerprint density at radius 1 is 1.25 bits per heavy atom. The van der Waals surface area contributed by atoms with Crippen LogP contribution in [0.2, 0.25) is 0 Å². The number of fused-ring (bicyclic) bond motifs is 1. The second kappa shape index (κ2) is 8.56. The molecule has 150 valence electrons. The number of hydrogen-bond acceptors (Lipinski definition) is 5. The van der Waals surface area contributed by atoms with Gasteiger partial charge in [0.1, 0.15) is 5.75 Å². The van der Waals surface area contributed by atoms with Crippen LogP contribution in [0.25, 0.3) is 0 Å². The quantitative estimate of drug-likeness (QED) is 0.741. The number of ether oxygens (including phenoxy) is 1. The highest BCUT2D eigenvalue weighted by Crippen LogP contribution is 2.21. The van der Waals surface area contributed by atoms with E-state index in [9.17, 15) is 14.7 Å². The van der Waals surface area contributed by atoms with E-state index in [2.05, 4.69) is 5.10 Å². The second-order valence-corrected chi connectivity index (χ2v) is 7.11. The van der Waals surface area contributed by atoms with Gasteiger partial charge in [0.05, 0.1) is 37.2 Å². The number of benzene rings is 1. The molecule has 1 amide bonds. The first-order valence-corrected chi connectivity index (χ1v) is 9.68. The fraction of sp³-hybridized carbons (Fsp3) is 0.476. The summed E-state index contributed by atoms with van der Waals surface area (Å²) in [5, 5.41) is 14.0. The van der Waals surface area contributed by atoms with E-state index in [1.165, 1.54) is 0 Å². The average molecular weight is 385 g/mol. The molecule has 0 radical (unpaired) electrons. The molecule has 0 spiro atoms. The number of aromatic nitrogens is 2. The van der Waals surface area contributed by atoms with Crippen molar-refractivity contribution in [1.29, 1.82) is 0 Å². The standard InChI is InChI=1S/C21H27N3O4/c1-4-28-20-7-5-16(11-14(20)2)19(26)6-8-21(27)23-9-10-24-17(13-23)12-18(22-24)15(3)25/h5,7,11-12,15,25H,4,6,8-10,13H2,1-3H3/t15-/m1/s1.